The highest BCUT2D eigenvalue weighted by Crippen LogP contribution is 2.67. The Morgan fingerprint density at radius 1 is 1.26 bits per heavy atom. The molecule has 3 aliphatic carbocycles. The van der Waals surface area contributed by atoms with E-state index in [0.29, 0.717) is 16.6 Å². The lowest BCUT2D eigenvalue weighted by Crippen LogP contribution is -2.60. The van der Waals surface area contributed by atoms with Crippen molar-refractivity contribution in [2.75, 3.05) is 18.1 Å². The van der Waals surface area contributed by atoms with Gasteiger partial charge in [-0.2, -0.15) is 4.98 Å². The molecule has 0 amide bonds. The van der Waals surface area contributed by atoms with Crippen LogP contribution in [0.1, 0.15) is 39.5 Å². The number of benzene rings is 1. The number of fused-ring (bicyclic) bond motifs is 3. The van der Waals surface area contributed by atoms with Crippen LogP contribution in [-0.2, 0) is 0 Å². The zero-order valence-electron chi connectivity index (χ0n) is 13.8. The average molecular weight is 312 g/mol. The van der Waals surface area contributed by atoms with Crippen LogP contribution in [0.15, 0.2) is 18.2 Å². The van der Waals surface area contributed by atoms with E-state index in [-0.39, 0.29) is 5.95 Å². The lowest BCUT2D eigenvalue weighted by Gasteiger charge is -2.65. The normalized spacial score (nSPS) is 28.3. The highest BCUT2D eigenvalue weighted by molar-refractivity contribution is 5.94. The fraction of sp³-hybridized carbons (Fsp3) is 0.556. The van der Waals surface area contributed by atoms with Gasteiger partial charge >= 0.3 is 0 Å². The highest BCUT2D eigenvalue weighted by atomic mass is 16.5. The van der Waals surface area contributed by atoms with Gasteiger partial charge < -0.3 is 16.2 Å². The number of hydrogen-bond acceptors (Lipinski definition) is 5. The first-order chi connectivity index (χ1) is 10.9. The van der Waals surface area contributed by atoms with Gasteiger partial charge in [-0.05, 0) is 42.7 Å². The Morgan fingerprint density at radius 2 is 2.09 bits per heavy atom. The van der Waals surface area contributed by atoms with Crippen molar-refractivity contribution in [3.63, 3.8) is 0 Å². The molecule has 122 valence electrons. The fourth-order valence-corrected chi connectivity index (χ4v) is 4.72. The molecule has 0 saturated heterocycles. The summed E-state index contributed by atoms with van der Waals surface area (Å²) in [6.07, 6.45) is 5.21. The minimum absolute atomic E-state index is 0.195. The third-order valence-electron chi connectivity index (χ3n) is 6.47. The number of rotatable bonds is 3. The van der Waals surface area contributed by atoms with Gasteiger partial charge in [0.15, 0.2) is 0 Å². The first-order valence-electron chi connectivity index (χ1n) is 8.37. The highest BCUT2D eigenvalue weighted by Gasteiger charge is 2.61. The van der Waals surface area contributed by atoms with Crippen molar-refractivity contribution in [2.24, 2.45) is 16.7 Å². The van der Waals surface area contributed by atoms with Crippen molar-refractivity contribution in [1.82, 2.24) is 9.97 Å². The number of hydrogen-bond donors (Lipinski definition) is 2. The maximum Gasteiger partial charge on any atom is 0.222 e. The fourth-order valence-electron chi connectivity index (χ4n) is 4.72. The zero-order chi connectivity index (χ0) is 16.2. The molecule has 1 aromatic heterocycles. The first kappa shape index (κ1) is 14.5. The van der Waals surface area contributed by atoms with Gasteiger partial charge in [0.2, 0.25) is 5.95 Å². The quantitative estimate of drug-likeness (QED) is 0.907. The third-order valence-corrected chi connectivity index (χ3v) is 6.47. The Kier molecular flexibility index (Phi) is 2.99. The maximum atomic E-state index is 6.26. The van der Waals surface area contributed by atoms with Crippen molar-refractivity contribution in [3.8, 4) is 5.75 Å². The van der Waals surface area contributed by atoms with Gasteiger partial charge in [0.25, 0.3) is 0 Å². The lowest BCUT2D eigenvalue weighted by molar-refractivity contribution is -0.178. The number of ether oxygens (including phenoxy) is 1. The zero-order valence-corrected chi connectivity index (χ0v) is 13.8. The molecule has 3 aliphatic rings. The largest absolute Gasteiger partial charge is 0.492 e. The van der Waals surface area contributed by atoms with E-state index in [0.717, 1.165) is 29.2 Å². The molecule has 3 fully saturated rings. The molecule has 5 rings (SSSR count). The van der Waals surface area contributed by atoms with E-state index in [2.05, 4.69) is 23.8 Å². The van der Waals surface area contributed by atoms with E-state index in [1.54, 1.807) is 0 Å². The second-order valence-electron chi connectivity index (χ2n) is 7.70. The monoisotopic (exact) mass is 312 g/mol. The van der Waals surface area contributed by atoms with Crippen LogP contribution in [-0.4, -0.2) is 16.6 Å². The van der Waals surface area contributed by atoms with Crippen LogP contribution in [0.2, 0.25) is 0 Å². The molecule has 1 aromatic carbocycles. The molecule has 3 saturated carbocycles. The van der Waals surface area contributed by atoms with E-state index in [1.807, 2.05) is 18.2 Å². The minimum atomic E-state index is 0.195. The molecule has 2 atom stereocenters. The van der Waals surface area contributed by atoms with E-state index < -0.39 is 0 Å². The van der Waals surface area contributed by atoms with Crippen molar-refractivity contribution in [1.29, 1.82) is 0 Å². The molecule has 23 heavy (non-hydrogen) atoms. The maximum absolute atomic E-state index is 6.26. The second-order valence-corrected chi connectivity index (χ2v) is 7.70. The second kappa shape index (κ2) is 4.73. The van der Waals surface area contributed by atoms with Crippen molar-refractivity contribution >= 4 is 22.7 Å². The Balaban J connectivity index is 1.64. The van der Waals surface area contributed by atoms with Gasteiger partial charge in [-0.3, -0.25) is 0 Å². The van der Waals surface area contributed by atoms with Crippen LogP contribution in [0.25, 0.3) is 10.9 Å². The predicted octanol–water partition coefficient (Wildman–Crippen LogP) is 3.39. The molecule has 2 aromatic rings. The summed E-state index contributed by atoms with van der Waals surface area (Å²) >= 11 is 0. The van der Waals surface area contributed by atoms with Crippen molar-refractivity contribution in [3.05, 3.63) is 18.2 Å². The van der Waals surface area contributed by atoms with Gasteiger partial charge in [0, 0.05) is 5.41 Å². The number of nitrogens with two attached hydrogens (primary N) is 2. The number of nitrogens with zero attached hydrogens (tertiary/aromatic N) is 2. The molecule has 0 aliphatic heterocycles. The first-order valence-corrected chi connectivity index (χ1v) is 8.37. The molecule has 5 heteroatoms. The van der Waals surface area contributed by atoms with Crippen LogP contribution >= 0.6 is 0 Å². The molecule has 1 heterocycles. The molecule has 5 nitrogen and oxygen atoms in total. The predicted molar refractivity (Wildman–Crippen MR) is 92.0 cm³/mol. The summed E-state index contributed by atoms with van der Waals surface area (Å²) in [6, 6.07) is 5.76. The smallest absolute Gasteiger partial charge is 0.222 e. The summed E-state index contributed by atoms with van der Waals surface area (Å²) in [7, 11) is 0. The van der Waals surface area contributed by atoms with Crippen LogP contribution in [0.5, 0.6) is 5.75 Å². The van der Waals surface area contributed by atoms with Crippen LogP contribution in [0.4, 0.5) is 11.8 Å². The van der Waals surface area contributed by atoms with Crippen LogP contribution in [0.3, 0.4) is 0 Å². The van der Waals surface area contributed by atoms with E-state index in [4.69, 9.17) is 16.2 Å². The summed E-state index contributed by atoms with van der Waals surface area (Å²) in [6.45, 7) is 5.52. The van der Waals surface area contributed by atoms with Crippen molar-refractivity contribution in [2.45, 2.75) is 39.5 Å². The summed E-state index contributed by atoms with van der Waals surface area (Å²) in [5, 5.41) is 0.766. The molecule has 4 N–H and O–H groups in total. The average Bonchev–Trinajstić information content (AvgIpc) is 2.52. The Morgan fingerprint density at radius 3 is 2.83 bits per heavy atom. The Labute approximate surface area is 136 Å². The summed E-state index contributed by atoms with van der Waals surface area (Å²) in [5.41, 5.74) is 13.1. The summed E-state index contributed by atoms with van der Waals surface area (Å²) in [4.78, 5) is 8.33. The number of nitrogen functional groups attached to an aromatic ring is 2. The molecule has 0 spiro atoms. The minimum Gasteiger partial charge on any atom is -0.492 e. The number of aromatic nitrogens is 2. The third kappa shape index (κ3) is 1.98. The van der Waals surface area contributed by atoms with E-state index in [1.165, 1.54) is 25.7 Å². The van der Waals surface area contributed by atoms with Gasteiger partial charge in [-0.1, -0.05) is 26.3 Å². The van der Waals surface area contributed by atoms with Crippen molar-refractivity contribution < 1.29 is 4.74 Å². The topological polar surface area (TPSA) is 87.0 Å². The van der Waals surface area contributed by atoms with Gasteiger partial charge in [-0.15, -0.1) is 0 Å². The van der Waals surface area contributed by atoms with Gasteiger partial charge in [0.1, 0.15) is 11.6 Å². The molecule has 2 bridgehead atoms. The SMILES string of the molecule is CC1(C)[C@H]2CCC[C@]1(COc1cccc3nc(N)nc(N)c13)C2. The van der Waals surface area contributed by atoms with Crippen LogP contribution in [0, 0.1) is 16.7 Å². The number of anilines is 2. The standard InChI is InChI=1S/C18H24N4O/c1-17(2)11-5-4-8-18(17,9-11)10-23-13-7-3-6-12-14(13)15(19)22-16(20)21-12/h3,6-7,11H,4-5,8-10H2,1-2H3,(H4,19,20,21,22)/t11-,18+/m0/s1. The van der Waals surface area contributed by atoms with Gasteiger partial charge in [0.05, 0.1) is 17.5 Å². The molecule has 0 radical (unpaired) electrons. The van der Waals surface area contributed by atoms with Crippen LogP contribution < -0.4 is 16.2 Å². The summed E-state index contributed by atoms with van der Waals surface area (Å²) in [5.74, 6) is 2.19. The Hall–Kier alpha value is -2.04. The van der Waals surface area contributed by atoms with Gasteiger partial charge in [-0.25, -0.2) is 4.98 Å². The van der Waals surface area contributed by atoms with E-state index >= 15 is 0 Å². The molecular formula is C18H24N4O. The van der Waals surface area contributed by atoms with E-state index in [9.17, 15) is 0 Å². The lowest BCUT2D eigenvalue weighted by atomic mass is 9.40. The molecule has 0 unspecified atom stereocenters. The molecular weight excluding hydrogens is 288 g/mol. The summed E-state index contributed by atoms with van der Waals surface area (Å²) < 4.78 is 6.26. The Bertz CT molecular complexity index is 769.